The number of nitriles is 1. The lowest BCUT2D eigenvalue weighted by Crippen LogP contribution is -1.93. The number of hydrogen-bond acceptors (Lipinski definition) is 4. The third-order valence-electron chi connectivity index (χ3n) is 2.27. The monoisotopic (exact) mass is 241 g/mol. The molecule has 1 atom stereocenters. The zero-order valence-corrected chi connectivity index (χ0v) is 9.97. The van der Waals surface area contributed by atoms with Crippen LogP contribution in [0.25, 0.3) is 0 Å². The smallest absolute Gasteiger partial charge is 0.116 e. The van der Waals surface area contributed by atoms with Gasteiger partial charge in [0, 0.05) is 11.4 Å². The lowest BCUT2D eigenvalue weighted by atomic mass is 10.1. The Bertz CT molecular complexity index is 493. The number of thioether (sulfide) groups is 1. The largest absolute Gasteiger partial charge is 0.245 e. The minimum Gasteiger partial charge on any atom is -0.245 e. The fourth-order valence-corrected chi connectivity index (χ4v) is 2.46. The Morgan fingerprint density at radius 1 is 1.24 bits per heavy atom. The Morgan fingerprint density at radius 2 is 2.06 bits per heavy atom. The van der Waals surface area contributed by atoms with Crippen LogP contribution in [0, 0.1) is 11.3 Å². The first-order valence-corrected chi connectivity index (χ1v) is 6.12. The topological polar surface area (TPSA) is 49.6 Å². The molecule has 2 rings (SSSR count). The Hall–Kier alpha value is -1.86. The number of rotatable bonds is 4. The van der Waals surface area contributed by atoms with Crippen molar-refractivity contribution in [3.8, 4) is 6.07 Å². The Kier molecular flexibility index (Phi) is 4.11. The van der Waals surface area contributed by atoms with Crippen LogP contribution in [-0.4, -0.2) is 9.97 Å². The molecular weight excluding hydrogens is 230 g/mol. The summed E-state index contributed by atoms with van der Waals surface area (Å²) >= 11 is 1.59. The molecule has 0 fully saturated rings. The molecule has 0 spiro atoms. The molecule has 3 nitrogen and oxygen atoms in total. The first kappa shape index (κ1) is 11.6. The highest BCUT2D eigenvalue weighted by atomic mass is 32.2. The van der Waals surface area contributed by atoms with E-state index < -0.39 is 0 Å². The summed E-state index contributed by atoms with van der Waals surface area (Å²) in [4.78, 5) is 8.05. The lowest BCUT2D eigenvalue weighted by molar-refractivity contribution is 0.961. The van der Waals surface area contributed by atoms with Gasteiger partial charge in [-0.15, -0.1) is 0 Å². The van der Waals surface area contributed by atoms with E-state index in [-0.39, 0.29) is 5.25 Å². The highest BCUT2D eigenvalue weighted by Crippen LogP contribution is 2.35. The normalized spacial score (nSPS) is 11.7. The Balaban J connectivity index is 2.17. The van der Waals surface area contributed by atoms with Crippen molar-refractivity contribution < 1.29 is 0 Å². The van der Waals surface area contributed by atoms with Gasteiger partial charge in [0.2, 0.25) is 0 Å². The van der Waals surface area contributed by atoms with E-state index in [1.165, 1.54) is 6.33 Å². The SMILES string of the molecule is N#CCC(Sc1ccncn1)c1ccccc1. The molecular formula is C13H11N3S. The molecule has 1 heterocycles. The molecule has 0 aliphatic heterocycles. The van der Waals surface area contributed by atoms with Crippen LogP contribution in [-0.2, 0) is 0 Å². The Morgan fingerprint density at radius 3 is 2.71 bits per heavy atom. The van der Waals surface area contributed by atoms with Crippen molar-refractivity contribution >= 4 is 11.8 Å². The molecule has 1 aromatic carbocycles. The number of hydrogen-bond donors (Lipinski definition) is 0. The third kappa shape index (κ3) is 3.30. The molecule has 84 valence electrons. The molecule has 4 heteroatoms. The van der Waals surface area contributed by atoms with Crippen LogP contribution in [0.2, 0.25) is 0 Å². The first-order chi connectivity index (χ1) is 8.40. The summed E-state index contributed by atoms with van der Waals surface area (Å²) in [5.41, 5.74) is 1.15. The van der Waals surface area contributed by atoms with Gasteiger partial charge in [0.05, 0.1) is 17.5 Å². The van der Waals surface area contributed by atoms with Gasteiger partial charge in [-0.2, -0.15) is 5.26 Å². The van der Waals surface area contributed by atoms with Crippen LogP contribution in [0.1, 0.15) is 17.2 Å². The maximum Gasteiger partial charge on any atom is 0.116 e. The van der Waals surface area contributed by atoms with Crippen LogP contribution in [0.3, 0.4) is 0 Å². The summed E-state index contributed by atoms with van der Waals surface area (Å²) in [5.74, 6) is 0. The van der Waals surface area contributed by atoms with E-state index in [1.807, 2.05) is 36.4 Å². The molecule has 0 saturated carbocycles. The van der Waals surface area contributed by atoms with Crippen LogP contribution < -0.4 is 0 Å². The third-order valence-corrected chi connectivity index (χ3v) is 3.47. The highest BCUT2D eigenvalue weighted by Gasteiger charge is 2.13. The first-order valence-electron chi connectivity index (χ1n) is 5.24. The number of aromatic nitrogens is 2. The second-order valence-electron chi connectivity index (χ2n) is 3.43. The van der Waals surface area contributed by atoms with Gasteiger partial charge in [-0.1, -0.05) is 42.1 Å². The van der Waals surface area contributed by atoms with Crippen molar-refractivity contribution in [1.29, 1.82) is 5.26 Å². The van der Waals surface area contributed by atoms with Crippen molar-refractivity contribution in [2.75, 3.05) is 0 Å². The average Bonchev–Trinajstić information content (AvgIpc) is 2.40. The second-order valence-corrected chi connectivity index (χ2v) is 4.65. The fraction of sp³-hybridized carbons (Fsp3) is 0.154. The van der Waals surface area contributed by atoms with E-state index in [0.717, 1.165) is 10.6 Å². The van der Waals surface area contributed by atoms with Gasteiger partial charge in [0.15, 0.2) is 0 Å². The molecule has 0 N–H and O–H groups in total. The molecule has 0 bridgehead atoms. The molecule has 17 heavy (non-hydrogen) atoms. The maximum absolute atomic E-state index is 8.88. The van der Waals surface area contributed by atoms with Crippen molar-refractivity contribution in [2.45, 2.75) is 16.7 Å². The predicted octanol–water partition coefficient (Wildman–Crippen LogP) is 3.22. The quantitative estimate of drug-likeness (QED) is 0.609. The van der Waals surface area contributed by atoms with Crippen LogP contribution >= 0.6 is 11.8 Å². The maximum atomic E-state index is 8.88. The minimum absolute atomic E-state index is 0.121. The summed E-state index contributed by atoms with van der Waals surface area (Å²) in [7, 11) is 0. The van der Waals surface area contributed by atoms with E-state index in [4.69, 9.17) is 5.26 Å². The summed E-state index contributed by atoms with van der Waals surface area (Å²) in [6, 6.07) is 14.1. The van der Waals surface area contributed by atoms with Gasteiger partial charge < -0.3 is 0 Å². The average molecular weight is 241 g/mol. The van der Waals surface area contributed by atoms with Gasteiger partial charge in [-0.25, -0.2) is 9.97 Å². The van der Waals surface area contributed by atoms with E-state index in [0.29, 0.717) is 6.42 Å². The zero-order chi connectivity index (χ0) is 11.9. The van der Waals surface area contributed by atoms with Crippen LogP contribution in [0.15, 0.2) is 53.9 Å². The summed E-state index contributed by atoms with van der Waals surface area (Å²) in [6.07, 6.45) is 3.71. The van der Waals surface area contributed by atoms with E-state index >= 15 is 0 Å². The van der Waals surface area contributed by atoms with E-state index in [9.17, 15) is 0 Å². The van der Waals surface area contributed by atoms with Gasteiger partial charge in [-0.05, 0) is 11.6 Å². The van der Waals surface area contributed by atoms with Crippen molar-refractivity contribution in [3.63, 3.8) is 0 Å². The van der Waals surface area contributed by atoms with Crippen LogP contribution in [0.5, 0.6) is 0 Å². The lowest BCUT2D eigenvalue weighted by Gasteiger charge is -2.12. The molecule has 0 aliphatic rings. The fourth-order valence-electron chi connectivity index (χ4n) is 1.47. The predicted molar refractivity (Wildman–Crippen MR) is 67.3 cm³/mol. The van der Waals surface area contributed by atoms with Crippen molar-refractivity contribution in [1.82, 2.24) is 9.97 Å². The van der Waals surface area contributed by atoms with Gasteiger partial charge in [0.1, 0.15) is 6.33 Å². The molecule has 0 radical (unpaired) electrons. The number of nitrogens with zero attached hydrogens (tertiary/aromatic N) is 3. The standard InChI is InChI=1S/C13H11N3S/c14-8-6-12(11-4-2-1-3-5-11)17-13-7-9-15-10-16-13/h1-5,7,9-10,12H,6H2. The van der Waals surface area contributed by atoms with Crippen molar-refractivity contribution in [2.24, 2.45) is 0 Å². The zero-order valence-electron chi connectivity index (χ0n) is 9.15. The summed E-state index contributed by atoms with van der Waals surface area (Å²) in [5, 5.41) is 9.89. The summed E-state index contributed by atoms with van der Waals surface area (Å²) in [6.45, 7) is 0. The van der Waals surface area contributed by atoms with Gasteiger partial charge in [0.25, 0.3) is 0 Å². The molecule has 1 aromatic heterocycles. The number of benzene rings is 1. The minimum atomic E-state index is 0.121. The molecule has 2 aromatic rings. The molecule has 0 saturated heterocycles. The van der Waals surface area contributed by atoms with Gasteiger partial charge >= 0.3 is 0 Å². The summed E-state index contributed by atoms with van der Waals surface area (Å²) < 4.78 is 0. The van der Waals surface area contributed by atoms with E-state index in [1.54, 1.807) is 18.0 Å². The van der Waals surface area contributed by atoms with Crippen LogP contribution in [0.4, 0.5) is 0 Å². The second kappa shape index (κ2) is 6.02. The highest BCUT2D eigenvalue weighted by molar-refractivity contribution is 7.99. The molecule has 0 amide bonds. The Labute approximate surface area is 105 Å². The van der Waals surface area contributed by atoms with E-state index in [2.05, 4.69) is 16.0 Å². The van der Waals surface area contributed by atoms with Gasteiger partial charge in [-0.3, -0.25) is 0 Å². The van der Waals surface area contributed by atoms with Crippen molar-refractivity contribution in [3.05, 3.63) is 54.5 Å². The molecule has 0 aliphatic carbocycles. The molecule has 1 unspecified atom stereocenters.